The normalized spacial score (nSPS) is 13.0. The van der Waals surface area contributed by atoms with Crippen molar-refractivity contribution in [1.82, 2.24) is 9.97 Å². The molecule has 0 bridgehead atoms. The van der Waals surface area contributed by atoms with E-state index in [4.69, 9.17) is 0 Å². The molecule has 0 amide bonds. The molecule has 2 nitrogen and oxygen atoms in total. The van der Waals surface area contributed by atoms with Crippen LogP contribution < -0.4 is 0 Å². The fourth-order valence-electron chi connectivity index (χ4n) is 4.26. The predicted molar refractivity (Wildman–Crippen MR) is 129 cm³/mol. The van der Waals surface area contributed by atoms with Crippen LogP contribution in [0.1, 0.15) is 60.8 Å². The lowest BCUT2D eigenvalue weighted by Crippen LogP contribution is -2.04. The molecule has 0 aliphatic heterocycles. The monoisotopic (exact) mass is 406 g/mol. The molecule has 0 fully saturated rings. The van der Waals surface area contributed by atoms with Gasteiger partial charge < -0.3 is 0 Å². The Kier molecular flexibility index (Phi) is 6.89. The second-order valence-corrected chi connectivity index (χ2v) is 8.34. The Labute approximate surface area is 186 Å². The lowest BCUT2D eigenvalue weighted by molar-refractivity contribution is 0.544. The maximum atomic E-state index is 4.49. The van der Waals surface area contributed by atoms with E-state index in [0.29, 0.717) is 11.8 Å². The molecule has 4 rings (SSSR count). The van der Waals surface area contributed by atoms with Crippen molar-refractivity contribution in [3.63, 3.8) is 0 Å². The van der Waals surface area contributed by atoms with Crippen LogP contribution in [0, 0.1) is 0 Å². The van der Waals surface area contributed by atoms with Crippen LogP contribution in [0.4, 0.5) is 0 Å². The summed E-state index contributed by atoms with van der Waals surface area (Å²) in [6.45, 7) is 4.64. The molecule has 2 atom stereocenters. The summed E-state index contributed by atoms with van der Waals surface area (Å²) in [5.41, 5.74) is 7.30. The third kappa shape index (κ3) is 5.46. The van der Waals surface area contributed by atoms with E-state index < -0.39 is 0 Å². The SMILES string of the molecule is CCC(CC(C)c1ccccc1)c1ccc(Cc2ccnc(-c3ccccn3)c2)cc1. The van der Waals surface area contributed by atoms with Gasteiger partial charge in [-0.15, -0.1) is 0 Å². The molecule has 2 aromatic carbocycles. The number of benzene rings is 2. The van der Waals surface area contributed by atoms with Gasteiger partial charge in [0.15, 0.2) is 0 Å². The summed E-state index contributed by atoms with van der Waals surface area (Å²) in [6.07, 6.45) is 6.93. The van der Waals surface area contributed by atoms with Crippen molar-refractivity contribution >= 4 is 0 Å². The molecule has 0 saturated heterocycles. The standard InChI is InChI=1S/C29H30N2/c1-3-25(19-22(2)26-9-5-4-6-10-26)27-14-12-23(13-15-27)20-24-16-18-31-29(21-24)28-11-7-8-17-30-28/h4-18,21-22,25H,3,19-20H2,1-2H3. The Hall–Kier alpha value is -3.26. The summed E-state index contributed by atoms with van der Waals surface area (Å²) in [5.74, 6) is 1.15. The van der Waals surface area contributed by atoms with Gasteiger partial charge in [-0.05, 0) is 77.6 Å². The number of aromatic nitrogens is 2. The average Bonchev–Trinajstić information content (AvgIpc) is 2.84. The number of hydrogen-bond donors (Lipinski definition) is 0. The second kappa shape index (κ2) is 10.2. The first-order chi connectivity index (χ1) is 15.2. The number of rotatable bonds is 8. The van der Waals surface area contributed by atoms with Crippen LogP contribution in [0.2, 0.25) is 0 Å². The van der Waals surface area contributed by atoms with Gasteiger partial charge in [0, 0.05) is 12.4 Å². The maximum absolute atomic E-state index is 4.49. The quantitative estimate of drug-likeness (QED) is 0.304. The van der Waals surface area contributed by atoms with E-state index >= 15 is 0 Å². The molecule has 0 radical (unpaired) electrons. The van der Waals surface area contributed by atoms with Gasteiger partial charge in [0.2, 0.25) is 0 Å². The Bertz CT molecular complexity index is 1070. The molecular formula is C29H30N2. The van der Waals surface area contributed by atoms with Crippen molar-refractivity contribution in [2.45, 2.75) is 44.9 Å². The highest BCUT2D eigenvalue weighted by Crippen LogP contribution is 2.32. The molecule has 156 valence electrons. The van der Waals surface area contributed by atoms with Crippen LogP contribution in [-0.2, 0) is 6.42 Å². The van der Waals surface area contributed by atoms with E-state index in [9.17, 15) is 0 Å². The summed E-state index contributed by atoms with van der Waals surface area (Å²) in [5, 5.41) is 0. The largest absolute Gasteiger partial charge is 0.255 e. The van der Waals surface area contributed by atoms with Crippen LogP contribution in [0.3, 0.4) is 0 Å². The fourth-order valence-corrected chi connectivity index (χ4v) is 4.26. The van der Waals surface area contributed by atoms with E-state index in [1.54, 1.807) is 0 Å². The smallest absolute Gasteiger partial charge is 0.0888 e. The molecule has 0 aliphatic rings. The first-order valence-corrected chi connectivity index (χ1v) is 11.2. The minimum atomic E-state index is 0.563. The van der Waals surface area contributed by atoms with Crippen molar-refractivity contribution in [2.24, 2.45) is 0 Å². The third-order valence-corrected chi connectivity index (χ3v) is 6.11. The van der Waals surface area contributed by atoms with Crippen molar-refractivity contribution in [1.29, 1.82) is 0 Å². The van der Waals surface area contributed by atoms with Crippen molar-refractivity contribution < 1.29 is 0 Å². The summed E-state index contributed by atoms with van der Waals surface area (Å²) in [4.78, 5) is 8.91. The lowest BCUT2D eigenvalue weighted by Gasteiger charge is -2.21. The Morgan fingerprint density at radius 2 is 1.42 bits per heavy atom. The molecule has 2 heterocycles. The summed E-state index contributed by atoms with van der Waals surface area (Å²) in [7, 11) is 0. The topological polar surface area (TPSA) is 25.8 Å². The van der Waals surface area contributed by atoms with Gasteiger partial charge in [0.25, 0.3) is 0 Å². The zero-order valence-corrected chi connectivity index (χ0v) is 18.4. The van der Waals surface area contributed by atoms with Crippen LogP contribution in [-0.4, -0.2) is 9.97 Å². The first-order valence-electron chi connectivity index (χ1n) is 11.2. The van der Waals surface area contributed by atoms with E-state index in [1.165, 1.54) is 28.7 Å². The molecule has 2 unspecified atom stereocenters. The number of pyridine rings is 2. The van der Waals surface area contributed by atoms with E-state index in [2.05, 4.69) is 90.5 Å². The average molecular weight is 407 g/mol. The highest BCUT2D eigenvalue weighted by atomic mass is 14.8. The fraction of sp³-hybridized carbons (Fsp3) is 0.241. The highest BCUT2D eigenvalue weighted by Gasteiger charge is 2.15. The molecular weight excluding hydrogens is 376 g/mol. The van der Waals surface area contributed by atoms with Crippen LogP contribution in [0.25, 0.3) is 11.4 Å². The van der Waals surface area contributed by atoms with Gasteiger partial charge in [-0.2, -0.15) is 0 Å². The number of nitrogens with zero attached hydrogens (tertiary/aromatic N) is 2. The zero-order valence-electron chi connectivity index (χ0n) is 18.4. The van der Waals surface area contributed by atoms with Gasteiger partial charge >= 0.3 is 0 Å². The Morgan fingerprint density at radius 1 is 0.677 bits per heavy atom. The van der Waals surface area contributed by atoms with Gasteiger partial charge in [0.1, 0.15) is 0 Å². The van der Waals surface area contributed by atoms with Crippen LogP contribution >= 0.6 is 0 Å². The van der Waals surface area contributed by atoms with E-state index in [-0.39, 0.29) is 0 Å². The predicted octanol–water partition coefficient (Wildman–Crippen LogP) is 7.42. The molecule has 0 aliphatic carbocycles. The zero-order chi connectivity index (χ0) is 21.5. The van der Waals surface area contributed by atoms with Crippen molar-refractivity contribution in [3.05, 3.63) is 120 Å². The minimum Gasteiger partial charge on any atom is -0.255 e. The summed E-state index contributed by atoms with van der Waals surface area (Å²) in [6, 6.07) is 30.2. The maximum Gasteiger partial charge on any atom is 0.0888 e. The van der Waals surface area contributed by atoms with Gasteiger partial charge in [-0.3, -0.25) is 9.97 Å². The summed E-state index contributed by atoms with van der Waals surface area (Å²) < 4.78 is 0. The lowest BCUT2D eigenvalue weighted by atomic mass is 9.84. The van der Waals surface area contributed by atoms with E-state index in [1.807, 2.05) is 30.6 Å². The summed E-state index contributed by atoms with van der Waals surface area (Å²) >= 11 is 0. The first kappa shape index (κ1) is 21.0. The molecule has 2 heteroatoms. The number of hydrogen-bond acceptors (Lipinski definition) is 2. The molecule has 0 N–H and O–H groups in total. The van der Waals surface area contributed by atoms with Gasteiger partial charge in [-0.25, -0.2) is 0 Å². The molecule has 4 aromatic rings. The Balaban J connectivity index is 1.44. The van der Waals surface area contributed by atoms with Crippen LogP contribution in [0.5, 0.6) is 0 Å². The third-order valence-electron chi connectivity index (χ3n) is 6.11. The molecule has 0 saturated carbocycles. The molecule has 31 heavy (non-hydrogen) atoms. The Morgan fingerprint density at radius 3 is 2.13 bits per heavy atom. The molecule has 2 aromatic heterocycles. The van der Waals surface area contributed by atoms with Gasteiger partial charge in [0.05, 0.1) is 11.4 Å². The van der Waals surface area contributed by atoms with Gasteiger partial charge in [-0.1, -0.05) is 74.5 Å². The highest BCUT2D eigenvalue weighted by molar-refractivity contribution is 5.54. The second-order valence-electron chi connectivity index (χ2n) is 8.34. The van der Waals surface area contributed by atoms with E-state index in [0.717, 1.165) is 24.2 Å². The van der Waals surface area contributed by atoms with Crippen molar-refractivity contribution in [2.75, 3.05) is 0 Å². The molecule has 0 spiro atoms. The minimum absolute atomic E-state index is 0.563. The van der Waals surface area contributed by atoms with Crippen LogP contribution in [0.15, 0.2) is 97.3 Å². The van der Waals surface area contributed by atoms with Crippen molar-refractivity contribution in [3.8, 4) is 11.4 Å².